The van der Waals surface area contributed by atoms with Crippen LogP contribution in [0.25, 0.3) is 11.1 Å². The molecule has 7 nitrogen and oxygen atoms in total. The second-order valence-electron chi connectivity index (χ2n) is 8.57. The van der Waals surface area contributed by atoms with Gasteiger partial charge in [-0.2, -0.15) is 0 Å². The molecule has 0 spiro atoms. The molecule has 5 rings (SSSR count). The molecule has 1 N–H and O–H groups in total. The van der Waals surface area contributed by atoms with E-state index in [2.05, 4.69) is 22.2 Å². The summed E-state index contributed by atoms with van der Waals surface area (Å²) in [6.45, 7) is 3.97. The Hall–Kier alpha value is -3.09. The number of hydrogen-bond acceptors (Lipinski definition) is 7. The highest BCUT2D eigenvalue weighted by atomic mass is 16.5. The van der Waals surface area contributed by atoms with E-state index in [4.69, 9.17) is 13.9 Å². The van der Waals surface area contributed by atoms with Gasteiger partial charge < -0.3 is 19.2 Å². The summed E-state index contributed by atoms with van der Waals surface area (Å²) in [6.07, 6.45) is 5.03. The highest BCUT2D eigenvalue weighted by Gasteiger charge is 2.41. The van der Waals surface area contributed by atoms with Crippen molar-refractivity contribution in [3.8, 4) is 11.5 Å². The van der Waals surface area contributed by atoms with Crippen LogP contribution in [-0.2, 0) is 0 Å². The van der Waals surface area contributed by atoms with Crippen molar-refractivity contribution in [3.63, 3.8) is 0 Å². The van der Waals surface area contributed by atoms with Crippen molar-refractivity contribution in [3.05, 3.63) is 41.9 Å². The molecular formula is C23H25N3O4. The van der Waals surface area contributed by atoms with Crippen LogP contribution in [-0.4, -0.2) is 34.5 Å². The van der Waals surface area contributed by atoms with Crippen LogP contribution in [0.3, 0.4) is 0 Å². The standard InChI is InChI=1S/C23H25N3O4/c1-13-18(19-21(26-23(2)7-8-23)24-12-25-22(19)29-13)20(27)14-9-17(10-14)30-16-6-4-5-15(11-16)28-3/h4-6,11-12,14,17H,7-10H2,1-3H3,(H,24,25,26). The van der Waals surface area contributed by atoms with Gasteiger partial charge in [0.15, 0.2) is 5.78 Å². The number of fused-ring (bicyclic) bond motifs is 1. The van der Waals surface area contributed by atoms with E-state index >= 15 is 0 Å². The van der Waals surface area contributed by atoms with Gasteiger partial charge in [-0.05, 0) is 51.7 Å². The Kier molecular flexibility index (Phi) is 4.41. The van der Waals surface area contributed by atoms with Gasteiger partial charge in [0.05, 0.1) is 18.1 Å². The lowest BCUT2D eigenvalue weighted by atomic mass is 9.77. The molecule has 30 heavy (non-hydrogen) atoms. The van der Waals surface area contributed by atoms with Crippen LogP contribution in [0.15, 0.2) is 35.0 Å². The first-order chi connectivity index (χ1) is 14.5. The minimum absolute atomic E-state index is 0.0174. The van der Waals surface area contributed by atoms with Gasteiger partial charge in [0.2, 0.25) is 5.71 Å². The number of aromatic nitrogens is 2. The van der Waals surface area contributed by atoms with Gasteiger partial charge in [-0.25, -0.2) is 9.97 Å². The van der Waals surface area contributed by atoms with Crippen LogP contribution >= 0.6 is 0 Å². The Bertz CT molecular complexity index is 1110. The molecule has 0 aliphatic heterocycles. The van der Waals surface area contributed by atoms with Crippen LogP contribution in [0, 0.1) is 12.8 Å². The van der Waals surface area contributed by atoms with E-state index in [-0.39, 0.29) is 23.3 Å². The number of aryl methyl sites for hydroxylation is 1. The number of nitrogens with one attached hydrogen (secondary N) is 1. The van der Waals surface area contributed by atoms with Crippen molar-refractivity contribution < 1.29 is 18.7 Å². The van der Waals surface area contributed by atoms with Crippen molar-refractivity contribution in [1.29, 1.82) is 0 Å². The second-order valence-corrected chi connectivity index (χ2v) is 8.57. The smallest absolute Gasteiger partial charge is 0.232 e. The van der Waals surface area contributed by atoms with Crippen molar-refractivity contribution >= 4 is 22.7 Å². The molecule has 0 bridgehead atoms. The molecule has 1 aromatic carbocycles. The van der Waals surface area contributed by atoms with Crippen molar-refractivity contribution in [1.82, 2.24) is 9.97 Å². The van der Waals surface area contributed by atoms with Gasteiger partial charge in [0.25, 0.3) is 0 Å². The van der Waals surface area contributed by atoms with Crippen LogP contribution < -0.4 is 14.8 Å². The predicted molar refractivity (Wildman–Crippen MR) is 112 cm³/mol. The third-order valence-corrected chi connectivity index (χ3v) is 6.14. The summed E-state index contributed by atoms with van der Waals surface area (Å²) in [5.74, 6) is 2.78. The lowest BCUT2D eigenvalue weighted by Crippen LogP contribution is -2.38. The number of rotatable bonds is 7. The maximum atomic E-state index is 13.3. The number of carbonyl (C=O) groups excluding carboxylic acids is 1. The first-order valence-electron chi connectivity index (χ1n) is 10.3. The predicted octanol–water partition coefficient (Wildman–Crippen LogP) is 4.54. The molecule has 7 heteroatoms. The first kappa shape index (κ1) is 18.9. The van der Waals surface area contributed by atoms with E-state index in [1.165, 1.54) is 6.33 Å². The molecular weight excluding hydrogens is 382 g/mol. The molecule has 2 aliphatic carbocycles. The van der Waals surface area contributed by atoms with E-state index in [0.29, 0.717) is 41.1 Å². The maximum absolute atomic E-state index is 13.3. The number of methoxy groups -OCH3 is 1. The fourth-order valence-corrected chi connectivity index (χ4v) is 3.98. The van der Waals surface area contributed by atoms with Crippen LogP contribution in [0.5, 0.6) is 11.5 Å². The molecule has 0 unspecified atom stereocenters. The Morgan fingerprint density at radius 2 is 2.00 bits per heavy atom. The highest BCUT2D eigenvalue weighted by molar-refractivity contribution is 6.12. The average molecular weight is 407 g/mol. The van der Waals surface area contributed by atoms with E-state index in [1.54, 1.807) is 7.11 Å². The van der Waals surface area contributed by atoms with E-state index in [9.17, 15) is 4.79 Å². The minimum Gasteiger partial charge on any atom is -0.497 e. The first-order valence-corrected chi connectivity index (χ1v) is 10.3. The molecule has 3 aromatic rings. The zero-order valence-electron chi connectivity index (χ0n) is 17.4. The number of Topliss-reactive ketones (excluding diaryl/α,β-unsaturated/α-hetero) is 1. The molecule has 0 amide bonds. The Morgan fingerprint density at radius 3 is 2.73 bits per heavy atom. The van der Waals surface area contributed by atoms with E-state index in [0.717, 1.165) is 24.3 Å². The van der Waals surface area contributed by atoms with Crippen LogP contribution in [0.4, 0.5) is 5.82 Å². The van der Waals surface area contributed by atoms with E-state index in [1.807, 2.05) is 31.2 Å². The number of furan rings is 1. The number of ether oxygens (including phenoxy) is 2. The fourth-order valence-electron chi connectivity index (χ4n) is 3.98. The number of benzene rings is 1. The van der Waals surface area contributed by atoms with Gasteiger partial charge >= 0.3 is 0 Å². The summed E-state index contributed by atoms with van der Waals surface area (Å²) in [7, 11) is 1.63. The minimum atomic E-state index is -0.0929. The van der Waals surface area contributed by atoms with Gasteiger partial charge in [-0.3, -0.25) is 4.79 Å². The molecule has 0 atom stereocenters. The van der Waals surface area contributed by atoms with Gasteiger partial charge in [0.1, 0.15) is 35.5 Å². The van der Waals surface area contributed by atoms with Crippen LogP contribution in [0.2, 0.25) is 0 Å². The largest absolute Gasteiger partial charge is 0.497 e. The zero-order valence-corrected chi connectivity index (χ0v) is 17.4. The molecule has 2 fully saturated rings. The van der Waals surface area contributed by atoms with Crippen molar-refractivity contribution in [2.24, 2.45) is 5.92 Å². The summed E-state index contributed by atoms with van der Waals surface area (Å²) >= 11 is 0. The number of hydrogen-bond donors (Lipinski definition) is 1. The lowest BCUT2D eigenvalue weighted by Gasteiger charge is -2.34. The molecule has 0 saturated heterocycles. The third-order valence-electron chi connectivity index (χ3n) is 6.14. The summed E-state index contributed by atoms with van der Waals surface area (Å²) in [6, 6.07) is 7.53. The third kappa shape index (κ3) is 3.38. The summed E-state index contributed by atoms with van der Waals surface area (Å²) in [4.78, 5) is 22.0. The highest BCUT2D eigenvalue weighted by Crippen LogP contribution is 2.42. The molecule has 156 valence electrons. The number of nitrogens with zero attached hydrogens (tertiary/aromatic N) is 2. The molecule has 2 heterocycles. The van der Waals surface area contributed by atoms with Crippen molar-refractivity contribution in [2.75, 3.05) is 12.4 Å². The van der Waals surface area contributed by atoms with Gasteiger partial charge in [-0.15, -0.1) is 0 Å². The summed E-state index contributed by atoms with van der Waals surface area (Å²) < 4.78 is 17.1. The average Bonchev–Trinajstić information content (AvgIpc) is 3.32. The summed E-state index contributed by atoms with van der Waals surface area (Å²) in [5.41, 5.74) is 1.10. The van der Waals surface area contributed by atoms with Gasteiger partial charge in [0, 0.05) is 17.5 Å². The SMILES string of the molecule is COc1cccc(OC2CC(C(=O)c3c(C)oc4ncnc(NC5(C)CC5)c34)C2)c1. The Balaban J connectivity index is 1.34. The molecule has 0 radical (unpaired) electrons. The normalized spacial score (nSPS) is 21.7. The quantitative estimate of drug-likeness (QED) is 0.575. The Labute approximate surface area is 174 Å². The number of carbonyl (C=O) groups is 1. The topological polar surface area (TPSA) is 86.5 Å². The molecule has 2 aliphatic rings. The van der Waals surface area contributed by atoms with Crippen molar-refractivity contribution in [2.45, 2.75) is 51.2 Å². The monoisotopic (exact) mass is 407 g/mol. The van der Waals surface area contributed by atoms with Gasteiger partial charge in [-0.1, -0.05) is 6.07 Å². The number of anilines is 1. The lowest BCUT2D eigenvalue weighted by molar-refractivity contribution is 0.0494. The summed E-state index contributed by atoms with van der Waals surface area (Å²) in [5, 5.41) is 4.17. The van der Waals surface area contributed by atoms with Crippen LogP contribution in [0.1, 0.15) is 48.7 Å². The molecule has 2 aromatic heterocycles. The zero-order chi connectivity index (χ0) is 20.9. The number of ketones is 1. The van der Waals surface area contributed by atoms with E-state index < -0.39 is 0 Å². The molecule has 2 saturated carbocycles. The second kappa shape index (κ2) is 7.00. The fraction of sp³-hybridized carbons (Fsp3) is 0.435. The Morgan fingerprint density at radius 1 is 1.23 bits per heavy atom. The maximum Gasteiger partial charge on any atom is 0.232 e.